The molecule has 1 aromatic carbocycles. The van der Waals surface area contributed by atoms with Gasteiger partial charge in [-0.15, -0.1) is 0 Å². The molecule has 20 heavy (non-hydrogen) atoms. The predicted octanol–water partition coefficient (Wildman–Crippen LogP) is 2.59. The minimum atomic E-state index is -0.860. The van der Waals surface area contributed by atoms with Crippen LogP contribution in [0.1, 0.15) is 38.3 Å². The third-order valence-electron chi connectivity index (χ3n) is 4.21. The van der Waals surface area contributed by atoms with Gasteiger partial charge >= 0.3 is 5.97 Å². The zero-order valence-electron chi connectivity index (χ0n) is 11.6. The number of nitro groups is 1. The third-order valence-corrected chi connectivity index (χ3v) is 4.21. The molecule has 0 radical (unpaired) electrons. The van der Waals surface area contributed by atoms with E-state index in [1.54, 1.807) is 19.1 Å². The summed E-state index contributed by atoms with van der Waals surface area (Å²) in [7, 11) is 0. The van der Waals surface area contributed by atoms with E-state index in [1.165, 1.54) is 12.1 Å². The molecule has 1 saturated heterocycles. The molecule has 0 amide bonds. The highest BCUT2D eigenvalue weighted by Crippen LogP contribution is 2.37. The van der Waals surface area contributed by atoms with E-state index in [9.17, 15) is 20.0 Å². The van der Waals surface area contributed by atoms with E-state index in [1.807, 2.05) is 11.8 Å². The van der Waals surface area contributed by atoms with Crippen LogP contribution in [-0.4, -0.2) is 33.0 Å². The Bertz CT molecular complexity index is 528. The summed E-state index contributed by atoms with van der Waals surface area (Å²) < 4.78 is 0. The molecular formula is C14H18N2O4. The lowest BCUT2D eigenvalue weighted by atomic mass is 9.96. The molecule has 2 atom stereocenters. The SMILES string of the molecule is CC(c1ccc([N+](=O)[O-])cc1)N1CCCC1(C)C(=O)O. The molecule has 6 nitrogen and oxygen atoms in total. The molecule has 1 N–H and O–H groups in total. The van der Waals surface area contributed by atoms with Crippen LogP contribution < -0.4 is 0 Å². The Morgan fingerprint density at radius 2 is 2.05 bits per heavy atom. The number of carboxylic acids is 1. The molecule has 0 bridgehead atoms. The number of hydrogen-bond donors (Lipinski definition) is 1. The van der Waals surface area contributed by atoms with E-state index in [2.05, 4.69) is 0 Å². The van der Waals surface area contributed by atoms with E-state index < -0.39 is 16.4 Å². The van der Waals surface area contributed by atoms with Gasteiger partial charge in [-0.1, -0.05) is 12.1 Å². The molecule has 0 aromatic heterocycles. The molecule has 1 heterocycles. The van der Waals surface area contributed by atoms with E-state index in [4.69, 9.17) is 0 Å². The molecule has 2 unspecified atom stereocenters. The highest BCUT2D eigenvalue weighted by atomic mass is 16.6. The number of likely N-dealkylation sites (tertiary alicyclic amines) is 1. The van der Waals surface area contributed by atoms with Crippen LogP contribution in [0, 0.1) is 10.1 Å². The Balaban J connectivity index is 2.24. The van der Waals surface area contributed by atoms with Crippen molar-refractivity contribution in [1.29, 1.82) is 0 Å². The standard InChI is InChI=1S/C14H18N2O4/c1-10(11-4-6-12(7-5-11)16(19)20)15-9-3-8-14(15,2)13(17)18/h4-7,10H,3,8-9H2,1-2H3,(H,17,18). The zero-order chi connectivity index (χ0) is 14.9. The van der Waals surface area contributed by atoms with Gasteiger partial charge in [0.05, 0.1) is 4.92 Å². The lowest BCUT2D eigenvalue weighted by Gasteiger charge is -2.36. The lowest BCUT2D eigenvalue weighted by Crippen LogP contribution is -2.48. The monoisotopic (exact) mass is 278 g/mol. The molecule has 0 spiro atoms. The van der Waals surface area contributed by atoms with Gasteiger partial charge in [-0.3, -0.25) is 19.8 Å². The minimum absolute atomic E-state index is 0.0448. The smallest absolute Gasteiger partial charge is 0.323 e. The predicted molar refractivity (Wildman–Crippen MR) is 73.5 cm³/mol. The number of carbonyl (C=O) groups is 1. The second-order valence-electron chi connectivity index (χ2n) is 5.40. The molecule has 2 rings (SSSR count). The van der Waals surface area contributed by atoms with E-state index >= 15 is 0 Å². The van der Waals surface area contributed by atoms with Crippen molar-refractivity contribution in [2.75, 3.05) is 6.54 Å². The summed E-state index contributed by atoms with van der Waals surface area (Å²) in [6, 6.07) is 6.23. The summed E-state index contributed by atoms with van der Waals surface area (Å²) in [4.78, 5) is 23.6. The van der Waals surface area contributed by atoms with Crippen LogP contribution in [0.25, 0.3) is 0 Å². The highest BCUT2D eigenvalue weighted by molar-refractivity contribution is 5.78. The van der Waals surface area contributed by atoms with Crippen molar-refractivity contribution in [3.8, 4) is 0 Å². The summed E-state index contributed by atoms with van der Waals surface area (Å²) in [5.74, 6) is -0.816. The van der Waals surface area contributed by atoms with Crippen molar-refractivity contribution in [1.82, 2.24) is 4.90 Å². The number of aliphatic carboxylic acids is 1. The van der Waals surface area contributed by atoms with Gasteiger partial charge in [-0.05, 0) is 38.8 Å². The van der Waals surface area contributed by atoms with Crippen LogP contribution in [0.4, 0.5) is 5.69 Å². The summed E-state index contributed by atoms with van der Waals surface area (Å²) in [5.41, 5.74) is 0.0784. The molecule has 1 aliphatic heterocycles. The Hall–Kier alpha value is -1.95. The van der Waals surface area contributed by atoms with Gasteiger partial charge in [0.1, 0.15) is 5.54 Å². The molecule has 1 aromatic rings. The second kappa shape index (κ2) is 5.20. The zero-order valence-corrected chi connectivity index (χ0v) is 11.6. The maximum atomic E-state index is 11.5. The van der Waals surface area contributed by atoms with Crippen LogP contribution in [0.2, 0.25) is 0 Å². The molecule has 0 saturated carbocycles. The summed E-state index contributed by atoms with van der Waals surface area (Å²) >= 11 is 0. The maximum absolute atomic E-state index is 11.5. The number of hydrogen-bond acceptors (Lipinski definition) is 4. The van der Waals surface area contributed by atoms with Crippen molar-refractivity contribution in [3.05, 3.63) is 39.9 Å². The topological polar surface area (TPSA) is 83.7 Å². The number of non-ortho nitro benzene ring substituents is 1. The normalized spacial score (nSPS) is 24.5. The van der Waals surface area contributed by atoms with Crippen LogP contribution in [0.5, 0.6) is 0 Å². The lowest BCUT2D eigenvalue weighted by molar-refractivity contribution is -0.384. The first-order valence-corrected chi connectivity index (χ1v) is 6.61. The largest absolute Gasteiger partial charge is 0.480 e. The van der Waals surface area contributed by atoms with Gasteiger partial charge < -0.3 is 5.11 Å². The number of rotatable bonds is 4. The van der Waals surface area contributed by atoms with Crippen molar-refractivity contribution >= 4 is 11.7 Å². The average Bonchev–Trinajstić information content (AvgIpc) is 2.81. The van der Waals surface area contributed by atoms with E-state index in [0.29, 0.717) is 6.42 Å². The summed E-state index contributed by atoms with van der Waals surface area (Å²) in [6.45, 7) is 4.40. The molecule has 0 aliphatic carbocycles. The van der Waals surface area contributed by atoms with Gasteiger partial charge in [0.2, 0.25) is 0 Å². The van der Waals surface area contributed by atoms with Gasteiger partial charge in [0.25, 0.3) is 5.69 Å². The number of nitro benzene ring substituents is 1. The van der Waals surface area contributed by atoms with Gasteiger partial charge in [0.15, 0.2) is 0 Å². The first-order valence-electron chi connectivity index (χ1n) is 6.61. The summed E-state index contributed by atoms with van der Waals surface area (Å²) in [6.07, 6.45) is 1.47. The van der Waals surface area contributed by atoms with Crippen LogP contribution in [0.3, 0.4) is 0 Å². The summed E-state index contributed by atoms with van der Waals surface area (Å²) in [5, 5.41) is 20.1. The quantitative estimate of drug-likeness (QED) is 0.676. The number of carboxylic acid groups (broad SMARTS) is 1. The van der Waals surface area contributed by atoms with Crippen molar-refractivity contribution in [3.63, 3.8) is 0 Å². The fourth-order valence-electron chi connectivity index (χ4n) is 2.89. The van der Waals surface area contributed by atoms with E-state index in [0.717, 1.165) is 18.5 Å². The Labute approximate surface area is 117 Å². The van der Waals surface area contributed by atoms with Crippen molar-refractivity contribution in [2.45, 2.75) is 38.3 Å². The van der Waals surface area contributed by atoms with Gasteiger partial charge in [-0.2, -0.15) is 0 Å². The fraction of sp³-hybridized carbons (Fsp3) is 0.500. The Morgan fingerprint density at radius 1 is 1.45 bits per heavy atom. The number of benzene rings is 1. The Morgan fingerprint density at radius 3 is 2.55 bits per heavy atom. The molecule has 1 fully saturated rings. The highest BCUT2D eigenvalue weighted by Gasteiger charge is 2.45. The fourth-order valence-corrected chi connectivity index (χ4v) is 2.89. The number of nitrogens with zero attached hydrogens (tertiary/aromatic N) is 2. The maximum Gasteiger partial charge on any atom is 0.323 e. The molecular weight excluding hydrogens is 260 g/mol. The van der Waals surface area contributed by atoms with E-state index in [-0.39, 0.29) is 11.7 Å². The van der Waals surface area contributed by atoms with Gasteiger partial charge in [-0.25, -0.2) is 0 Å². The third kappa shape index (κ3) is 2.38. The first kappa shape index (κ1) is 14.5. The van der Waals surface area contributed by atoms with Gasteiger partial charge in [0, 0.05) is 18.2 Å². The van der Waals surface area contributed by atoms with Crippen LogP contribution in [0.15, 0.2) is 24.3 Å². The minimum Gasteiger partial charge on any atom is -0.480 e. The second-order valence-corrected chi connectivity index (χ2v) is 5.40. The molecule has 6 heteroatoms. The molecule has 1 aliphatic rings. The molecule has 108 valence electrons. The van der Waals surface area contributed by atoms with Crippen molar-refractivity contribution in [2.24, 2.45) is 0 Å². The average molecular weight is 278 g/mol. The van der Waals surface area contributed by atoms with Crippen molar-refractivity contribution < 1.29 is 14.8 Å². The van der Waals surface area contributed by atoms with Crippen LogP contribution in [-0.2, 0) is 4.79 Å². The van der Waals surface area contributed by atoms with Crippen LogP contribution >= 0.6 is 0 Å². The Kier molecular flexibility index (Phi) is 3.76. The first-order chi connectivity index (χ1) is 9.36.